The van der Waals surface area contributed by atoms with Crippen LogP contribution >= 0.6 is 0 Å². The van der Waals surface area contributed by atoms with Gasteiger partial charge in [-0.1, -0.05) is 90.8 Å². The molecule has 0 aromatic heterocycles. The number of para-hydroxylation sites is 1. The zero-order chi connectivity index (χ0) is 30.6. The number of aliphatic hydroxyl groups is 1. The predicted molar refractivity (Wildman–Crippen MR) is 173 cm³/mol. The summed E-state index contributed by atoms with van der Waals surface area (Å²) in [6.45, 7) is 19.5. The molecule has 2 N–H and O–H groups in total. The van der Waals surface area contributed by atoms with Crippen molar-refractivity contribution in [1.82, 2.24) is 0 Å². The summed E-state index contributed by atoms with van der Waals surface area (Å²) < 4.78 is 11.6. The topological polar surface area (TPSA) is 58.9 Å². The lowest BCUT2D eigenvalue weighted by Crippen LogP contribution is -2.37. The van der Waals surface area contributed by atoms with Gasteiger partial charge in [-0.15, -0.1) is 0 Å². The number of aliphatic hydroxyl groups excluding tert-OH is 1. The fraction of sp³-hybridized carbons (Fsp3) is 0.676. The van der Waals surface area contributed by atoms with Crippen LogP contribution in [0, 0.1) is 38.5 Å². The van der Waals surface area contributed by atoms with Crippen molar-refractivity contribution in [2.24, 2.45) is 17.8 Å². The van der Waals surface area contributed by atoms with Gasteiger partial charge in [0, 0.05) is 5.56 Å². The van der Waals surface area contributed by atoms with E-state index in [1.165, 1.54) is 56.9 Å². The number of rotatable bonds is 14. The summed E-state index contributed by atoms with van der Waals surface area (Å²) in [6, 6.07) is 9.21. The molecule has 0 fully saturated rings. The van der Waals surface area contributed by atoms with Gasteiger partial charge >= 0.3 is 0 Å². The first-order valence-corrected chi connectivity index (χ1v) is 16.2. The van der Waals surface area contributed by atoms with Gasteiger partial charge in [0.15, 0.2) is 6.29 Å². The van der Waals surface area contributed by atoms with Crippen molar-refractivity contribution in [1.29, 1.82) is 0 Å². The Balaban J connectivity index is 0.000000493. The predicted octanol–water partition coefficient (Wildman–Crippen LogP) is 10.2. The number of benzene rings is 2. The molecule has 1 heterocycles. The minimum atomic E-state index is -0.734. The molecule has 3 unspecified atom stereocenters. The van der Waals surface area contributed by atoms with Crippen LogP contribution < -0.4 is 9.47 Å². The fourth-order valence-corrected chi connectivity index (χ4v) is 5.97. The molecule has 4 nitrogen and oxygen atoms in total. The third-order valence-corrected chi connectivity index (χ3v) is 8.92. The lowest BCUT2D eigenvalue weighted by molar-refractivity contribution is -0.000294. The molecule has 232 valence electrons. The van der Waals surface area contributed by atoms with Gasteiger partial charge in [0.05, 0.1) is 0 Å². The van der Waals surface area contributed by atoms with Crippen LogP contribution in [0.3, 0.4) is 0 Å². The average Bonchev–Trinajstić information content (AvgIpc) is 2.91. The molecule has 4 heteroatoms. The number of ether oxygens (including phenoxy) is 2. The number of aromatic hydroxyl groups is 1. The van der Waals surface area contributed by atoms with Crippen LogP contribution in [-0.2, 0) is 6.42 Å². The van der Waals surface area contributed by atoms with E-state index in [4.69, 9.17) is 14.6 Å². The number of hydrogen-bond acceptors (Lipinski definition) is 4. The normalized spacial score (nSPS) is 18.5. The van der Waals surface area contributed by atoms with Crippen LogP contribution in [0.15, 0.2) is 30.3 Å². The van der Waals surface area contributed by atoms with Gasteiger partial charge in [0.1, 0.15) is 22.8 Å². The van der Waals surface area contributed by atoms with Gasteiger partial charge in [-0.05, 0) is 107 Å². The van der Waals surface area contributed by atoms with E-state index in [2.05, 4.69) is 41.5 Å². The maximum absolute atomic E-state index is 10.4. The number of phenolic OH excluding ortho intramolecular Hbond substituents is 1. The third kappa shape index (κ3) is 11.9. The highest BCUT2D eigenvalue weighted by molar-refractivity contribution is 5.58. The number of fused-ring (bicyclic) bond motifs is 1. The molecule has 2 aromatic rings. The van der Waals surface area contributed by atoms with Crippen LogP contribution in [-0.4, -0.2) is 22.1 Å². The Labute approximate surface area is 251 Å². The Morgan fingerprint density at radius 1 is 0.805 bits per heavy atom. The molecule has 1 aliphatic heterocycles. The van der Waals surface area contributed by atoms with E-state index in [1.54, 1.807) is 19.1 Å². The van der Waals surface area contributed by atoms with Crippen LogP contribution in [0.5, 0.6) is 17.2 Å². The van der Waals surface area contributed by atoms with Crippen molar-refractivity contribution in [3.8, 4) is 17.2 Å². The van der Waals surface area contributed by atoms with Crippen molar-refractivity contribution in [3.63, 3.8) is 0 Å². The van der Waals surface area contributed by atoms with E-state index in [0.29, 0.717) is 11.5 Å². The van der Waals surface area contributed by atoms with E-state index >= 15 is 0 Å². The number of hydrogen-bond donors (Lipinski definition) is 2. The minimum absolute atomic E-state index is 0.0712. The van der Waals surface area contributed by atoms with E-state index in [-0.39, 0.29) is 5.60 Å². The zero-order valence-corrected chi connectivity index (χ0v) is 27.7. The SMILES string of the molecule is CC(O)Oc1ccccc1.Cc1c(C)c2c(c(C)c1O)CC[C@@](C)(CCCC(C)CCCC(C)CCCC(C)C)O2. The molecular formula is C37H60O4. The maximum atomic E-state index is 10.4. The second-order valence-corrected chi connectivity index (χ2v) is 13.5. The Hall–Kier alpha value is -2.20. The van der Waals surface area contributed by atoms with Crippen molar-refractivity contribution in [3.05, 3.63) is 52.6 Å². The molecule has 0 radical (unpaired) electrons. The van der Waals surface area contributed by atoms with Crippen LogP contribution in [0.25, 0.3) is 0 Å². The quantitative estimate of drug-likeness (QED) is 0.223. The van der Waals surface area contributed by atoms with Gasteiger partial charge in [-0.3, -0.25) is 0 Å². The standard InChI is InChI=1S/C29H50O2.C8H10O2/c1-20(2)12-9-13-21(3)14-10-15-22(4)16-11-18-29(8)19-17-26-25(7)27(30)23(5)24(6)28(26)31-29;1-7(9)10-8-5-3-2-4-6-8/h20-22,30H,9-19H2,1-8H3;2-7,9H,1H3/t21?,22?,29-;/m1./s1. The molecule has 4 atom stereocenters. The third-order valence-electron chi connectivity index (χ3n) is 8.92. The minimum Gasteiger partial charge on any atom is -0.507 e. The first kappa shape index (κ1) is 35.0. The van der Waals surface area contributed by atoms with Gasteiger partial charge in [0.2, 0.25) is 0 Å². The first-order chi connectivity index (χ1) is 19.3. The lowest BCUT2D eigenvalue weighted by Gasteiger charge is -2.38. The molecule has 0 aliphatic carbocycles. The smallest absolute Gasteiger partial charge is 0.194 e. The molecular weight excluding hydrogens is 508 g/mol. The highest BCUT2D eigenvalue weighted by Crippen LogP contribution is 2.44. The Morgan fingerprint density at radius 3 is 1.93 bits per heavy atom. The van der Waals surface area contributed by atoms with Gasteiger partial charge in [-0.2, -0.15) is 0 Å². The van der Waals surface area contributed by atoms with Crippen LogP contribution in [0.2, 0.25) is 0 Å². The summed E-state index contributed by atoms with van der Waals surface area (Å²) in [6.07, 6.45) is 13.3. The van der Waals surface area contributed by atoms with Gasteiger partial charge in [-0.25, -0.2) is 0 Å². The molecule has 0 bridgehead atoms. The average molecular weight is 569 g/mol. The molecule has 41 heavy (non-hydrogen) atoms. The molecule has 0 saturated heterocycles. The van der Waals surface area contributed by atoms with Crippen molar-refractivity contribution in [2.45, 2.75) is 145 Å². The summed E-state index contributed by atoms with van der Waals surface area (Å²) >= 11 is 0. The monoisotopic (exact) mass is 568 g/mol. The largest absolute Gasteiger partial charge is 0.507 e. The second-order valence-electron chi connectivity index (χ2n) is 13.5. The fourth-order valence-electron chi connectivity index (χ4n) is 5.97. The summed E-state index contributed by atoms with van der Waals surface area (Å²) in [7, 11) is 0. The van der Waals surface area contributed by atoms with E-state index in [0.717, 1.165) is 59.5 Å². The Bertz CT molecular complexity index is 1030. The Morgan fingerprint density at radius 2 is 1.37 bits per heavy atom. The summed E-state index contributed by atoms with van der Waals surface area (Å²) in [4.78, 5) is 0. The van der Waals surface area contributed by atoms with E-state index in [9.17, 15) is 5.11 Å². The van der Waals surface area contributed by atoms with Crippen molar-refractivity contribution in [2.75, 3.05) is 0 Å². The first-order valence-electron chi connectivity index (χ1n) is 16.2. The summed E-state index contributed by atoms with van der Waals surface area (Å²) in [5.41, 5.74) is 4.23. The lowest BCUT2D eigenvalue weighted by atomic mass is 9.84. The van der Waals surface area contributed by atoms with E-state index in [1.807, 2.05) is 32.0 Å². The van der Waals surface area contributed by atoms with Gasteiger partial charge in [0.25, 0.3) is 0 Å². The molecule has 0 spiro atoms. The number of phenols is 1. The van der Waals surface area contributed by atoms with E-state index < -0.39 is 6.29 Å². The molecule has 2 aromatic carbocycles. The summed E-state index contributed by atoms with van der Waals surface area (Å²) in [5.74, 6) is 4.73. The van der Waals surface area contributed by atoms with Crippen molar-refractivity contribution < 1.29 is 19.7 Å². The summed E-state index contributed by atoms with van der Waals surface area (Å²) in [5, 5.41) is 19.2. The molecule has 3 rings (SSSR count). The highest BCUT2D eigenvalue weighted by Gasteiger charge is 2.34. The molecule has 1 aliphatic rings. The Kier molecular flexibility index (Phi) is 14.6. The zero-order valence-electron chi connectivity index (χ0n) is 27.7. The van der Waals surface area contributed by atoms with Crippen molar-refractivity contribution >= 4 is 0 Å². The second kappa shape index (κ2) is 17.0. The molecule has 0 amide bonds. The highest BCUT2D eigenvalue weighted by atomic mass is 16.6. The molecule has 0 saturated carbocycles. The van der Waals surface area contributed by atoms with Crippen LogP contribution in [0.1, 0.15) is 128 Å². The van der Waals surface area contributed by atoms with Gasteiger partial charge < -0.3 is 19.7 Å². The van der Waals surface area contributed by atoms with Crippen LogP contribution in [0.4, 0.5) is 0 Å². The maximum Gasteiger partial charge on any atom is 0.194 e.